The second-order valence-corrected chi connectivity index (χ2v) is 4.28. The van der Waals surface area contributed by atoms with Gasteiger partial charge >= 0.3 is 0 Å². The zero-order valence-corrected chi connectivity index (χ0v) is 11.5. The van der Waals surface area contributed by atoms with Crippen LogP contribution in [-0.2, 0) is 13.1 Å². The quantitative estimate of drug-likeness (QED) is 0.650. The lowest BCUT2D eigenvalue weighted by atomic mass is 10.2. The van der Waals surface area contributed by atoms with E-state index in [9.17, 15) is 10.1 Å². The second-order valence-electron chi connectivity index (χ2n) is 4.28. The van der Waals surface area contributed by atoms with Gasteiger partial charge in [0.15, 0.2) is 0 Å². The third kappa shape index (κ3) is 2.90. The average Bonchev–Trinajstić information content (AvgIpc) is 2.92. The van der Waals surface area contributed by atoms with Gasteiger partial charge in [-0.1, -0.05) is 0 Å². The maximum Gasteiger partial charge on any atom is 0.271 e. The average molecular weight is 275 g/mol. The first-order valence-corrected chi connectivity index (χ1v) is 6.36. The van der Waals surface area contributed by atoms with E-state index in [4.69, 9.17) is 4.74 Å². The zero-order valence-electron chi connectivity index (χ0n) is 11.5. The highest BCUT2D eigenvalue weighted by atomic mass is 16.6. The van der Waals surface area contributed by atoms with Crippen LogP contribution < -0.4 is 10.1 Å². The number of non-ortho nitro benzene ring substituents is 1. The Kier molecular flexibility index (Phi) is 4.24. The summed E-state index contributed by atoms with van der Waals surface area (Å²) >= 11 is 0. The highest BCUT2D eigenvalue weighted by Gasteiger charge is 2.11. The van der Waals surface area contributed by atoms with Gasteiger partial charge in [0, 0.05) is 30.6 Å². The van der Waals surface area contributed by atoms with Crippen molar-refractivity contribution >= 4 is 11.4 Å². The van der Waals surface area contributed by atoms with Crippen molar-refractivity contribution in [2.24, 2.45) is 0 Å². The van der Waals surface area contributed by atoms with Gasteiger partial charge in [0.05, 0.1) is 24.3 Å². The molecule has 0 saturated carbocycles. The number of nitro benzene ring substituents is 1. The standard InChI is InChI=1S/C14H17N3O3/c1-3-16-8-4-5-12(16)10-15-13-9-11(17(18)19)6-7-14(13)20-2/h4-9,15H,3,10H2,1-2H3. The SMILES string of the molecule is CCn1cccc1CNc1cc([N+](=O)[O-])ccc1OC. The molecule has 0 aliphatic rings. The summed E-state index contributed by atoms with van der Waals surface area (Å²) in [6.45, 7) is 3.53. The van der Waals surface area contributed by atoms with Crippen molar-refractivity contribution in [1.29, 1.82) is 0 Å². The van der Waals surface area contributed by atoms with E-state index in [-0.39, 0.29) is 5.69 Å². The number of aromatic nitrogens is 1. The molecule has 1 N–H and O–H groups in total. The Morgan fingerprint density at radius 2 is 2.20 bits per heavy atom. The Bertz CT molecular complexity index is 607. The highest BCUT2D eigenvalue weighted by molar-refractivity contribution is 5.61. The summed E-state index contributed by atoms with van der Waals surface area (Å²) in [6, 6.07) is 8.50. The van der Waals surface area contributed by atoms with Gasteiger partial charge in [0.1, 0.15) is 5.75 Å². The molecule has 0 unspecified atom stereocenters. The van der Waals surface area contributed by atoms with E-state index in [1.165, 1.54) is 12.1 Å². The lowest BCUT2D eigenvalue weighted by molar-refractivity contribution is -0.384. The Morgan fingerprint density at radius 3 is 2.85 bits per heavy atom. The van der Waals surface area contributed by atoms with E-state index in [0.29, 0.717) is 18.0 Å². The van der Waals surface area contributed by atoms with Crippen LogP contribution >= 0.6 is 0 Å². The summed E-state index contributed by atoms with van der Waals surface area (Å²) < 4.78 is 7.32. The molecule has 6 nitrogen and oxygen atoms in total. The molecule has 0 amide bonds. The van der Waals surface area contributed by atoms with Crippen molar-refractivity contribution in [2.45, 2.75) is 20.0 Å². The lowest BCUT2D eigenvalue weighted by Gasteiger charge is -2.12. The largest absolute Gasteiger partial charge is 0.495 e. The molecule has 0 aliphatic heterocycles. The molecule has 1 aromatic carbocycles. The van der Waals surface area contributed by atoms with Crippen molar-refractivity contribution < 1.29 is 9.66 Å². The molecule has 1 aromatic heterocycles. The smallest absolute Gasteiger partial charge is 0.271 e. The Labute approximate surface area is 117 Å². The number of benzene rings is 1. The molecule has 0 fully saturated rings. The van der Waals surface area contributed by atoms with Gasteiger partial charge in [-0.25, -0.2) is 0 Å². The van der Waals surface area contributed by atoms with Gasteiger partial charge in [-0.05, 0) is 25.1 Å². The van der Waals surface area contributed by atoms with Crippen molar-refractivity contribution in [3.63, 3.8) is 0 Å². The van der Waals surface area contributed by atoms with Crippen molar-refractivity contribution in [2.75, 3.05) is 12.4 Å². The first-order chi connectivity index (χ1) is 9.65. The molecule has 6 heteroatoms. The highest BCUT2D eigenvalue weighted by Crippen LogP contribution is 2.29. The van der Waals surface area contributed by atoms with Crippen LogP contribution in [0.1, 0.15) is 12.6 Å². The number of hydrogen-bond donors (Lipinski definition) is 1. The van der Waals surface area contributed by atoms with Crippen LogP contribution in [0.5, 0.6) is 5.75 Å². The van der Waals surface area contributed by atoms with E-state index in [0.717, 1.165) is 12.2 Å². The van der Waals surface area contributed by atoms with Crippen molar-refractivity contribution in [3.8, 4) is 5.75 Å². The van der Waals surface area contributed by atoms with E-state index in [1.807, 2.05) is 18.3 Å². The van der Waals surface area contributed by atoms with Gasteiger partial charge in [-0.3, -0.25) is 10.1 Å². The Balaban J connectivity index is 2.19. The fourth-order valence-electron chi connectivity index (χ4n) is 2.05. The maximum absolute atomic E-state index is 10.8. The fraction of sp³-hybridized carbons (Fsp3) is 0.286. The van der Waals surface area contributed by atoms with Crippen LogP contribution in [0.2, 0.25) is 0 Å². The number of ether oxygens (including phenoxy) is 1. The molecule has 106 valence electrons. The summed E-state index contributed by atoms with van der Waals surface area (Å²) in [5, 5.41) is 14.0. The minimum absolute atomic E-state index is 0.0409. The number of rotatable bonds is 6. The normalized spacial score (nSPS) is 10.3. The van der Waals surface area contributed by atoms with Gasteiger partial charge in [0.2, 0.25) is 0 Å². The number of methoxy groups -OCH3 is 1. The molecule has 1 heterocycles. The summed E-state index contributed by atoms with van der Waals surface area (Å²) in [7, 11) is 1.54. The van der Waals surface area contributed by atoms with Gasteiger partial charge in [-0.15, -0.1) is 0 Å². The van der Waals surface area contributed by atoms with Crippen LogP contribution in [0, 0.1) is 10.1 Å². The van der Waals surface area contributed by atoms with Crippen molar-refractivity contribution in [1.82, 2.24) is 4.57 Å². The Morgan fingerprint density at radius 1 is 1.40 bits per heavy atom. The summed E-state index contributed by atoms with van der Waals surface area (Å²) in [6.07, 6.45) is 2.00. The maximum atomic E-state index is 10.8. The molecular formula is C14H17N3O3. The Hall–Kier alpha value is -2.50. The predicted molar refractivity (Wildman–Crippen MR) is 77.1 cm³/mol. The van der Waals surface area contributed by atoms with Crippen LogP contribution in [0.4, 0.5) is 11.4 Å². The summed E-state index contributed by atoms with van der Waals surface area (Å²) in [5.74, 6) is 0.588. The molecule has 0 bridgehead atoms. The van der Waals surface area contributed by atoms with E-state index >= 15 is 0 Å². The molecule has 0 saturated heterocycles. The van der Waals surface area contributed by atoms with E-state index in [2.05, 4.69) is 16.8 Å². The molecule has 20 heavy (non-hydrogen) atoms. The topological polar surface area (TPSA) is 69.3 Å². The lowest BCUT2D eigenvalue weighted by Crippen LogP contribution is -2.07. The molecule has 0 spiro atoms. The molecule has 0 radical (unpaired) electrons. The molecule has 0 atom stereocenters. The zero-order chi connectivity index (χ0) is 14.5. The first-order valence-electron chi connectivity index (χ1n) is 6.36. The minimum atomic E-state index is -0.417. The molecule has 0 aliphatic carbocycles. The van der Waals surface area contributed by atoms with Crippen LogP contribution in [0.3, 0.4) is 0 Å². The van der Waals surface area contributed by atoms with Crippen LogP contribution in [0.15, 0.2) is 36.5 Å². The molecule has 2 aromatic rings. The monoisotopic (exact) mass is 275 g/mol. The van der Waals surface area contributed by atoms with Crippen LogP contribution in [0.25, 0.3) is 0 Å². The predicted octanol–water partition coefficient (Wildman–Crippen LogP) is 3.04. The number of anilines is 1. The van der Waals surface area contributed by atoms with Gasteiger partial charge < -0.3 is 14.6 Å². The number of nitro groups is 1. The summed E-state index contributed by atoms with van der Waals surface area (Å²) in [5.41, 5.74) is 1.77. The van der Waals surface area contributed by atoms with Gasteiger partial charge in [0.25, 0.3) is 5.69 Å². The van der Waals surface area contributed by atoms with Gasteiger partial charge in [-0.2, -0.15) is 0 Å². The number of nitrogens with zero attached hydrogens (tertiary/aromatic N) is 2. The number of nitrogens with one attached hydrogen (secondary N) is 1. The molecular weight excluding hydrogens is 258 g/mol. The first kappa shape index (κ1) is 13.9. The third-order valence-corrected chi connectivity index (χ3v) is 3.12. The van der Waals surface area contributed by atoms with E-state index in [1.54, 1.807) is 13.2 Å². The fourth-order valence-corrected chi connectivity index (χ4v) is 2.05. The van der Waals surface area contributed by atoms with Crippen LogP contribution in [-0.4, -0.2) is 16.6 Å². The van der Waals surface area contributed by atoms with E-state index < -0.39 is 4.92 Å². The van der Waals surface area contributed by atoms with Crippen molar-refractivity contribution in [3.05, 3.63) is 52.3 Å². The number of hydrogen-bond acceptors (Lipinski definition) is 4. The minimum Gasteiger partial charge on any atom is -0.495 e. The summed E-state index contributed by atoms with van der Waals surface area (Å²) in [4.78, 5) is 10.4. The third-order valence-electron chi connectivity index (χ3n) is 3.12. The number of aryl methyl sites for hydroxylation is 1. The molecule has 2 rings (SSSR count). The second kappa shape index (κ2) is 6.10.